The molecular formula is C17H19N3. The predicted molar refractivity (Wildman–Crippen MR) is 83.3 cm³/mol. The van der Waals surface area contributed by atoms with Crippen molar-refractivity contribution in [2.24, 2.45) is 18.5 Å². The van der Waals surface area contributed by atoms with Crippen LogP contribution in [0.15, 0.2) is 54.7 Å². The smallest absolute Gasteiger partial charge is 0.0573 e. The van der Waals surface area contributed by atoms with Crippen LogP contribution >= 0.6 is 0 Å². The maximum absolute atomic E-state index is 6.47. The fourth-order valence-electron chi connectivity index (χ4n) is 2.71. The van der Waals surface area contributed by atoms with Crippen molar-refractivity contribution in [3.8, 4) is 0 Å². The third-order valence-corrected chi connectivity index (χ3v) is 3.81. The number of hydrogen-bond acceptors (Lipinski definition) is 2. The highest BCUT2D eigenvalue weighted by Gasteiger charge is 2.15. The summed E-state index contributed by atoms with van der Waals surface area (Å²) in [6.45, 7) is 0.538. The van der Waals surface area contributed by atoms with Gasteiger partial charge in [0.1, 0.15) is 0 Å². The van der Waals surface area contributed by atoms with E-state index < -0.39 is 0 Å². The molecule has 1 heterocycles. The lowest BCUT2D eigenvalue weighted by atomic mass is 9.97. The minimum Gasteiger partial charge on any atom is -0.350 e. The van der Waals surface area contributed by atoms with Crippen LogP contribution in [0.1, 0.15) is 22.7 Å². The minimum absolute atomic E-state index is 0.132. The zero-order valence-corrected chi connectivity index (χ0v) is 11.6. The standard InChI is InChI=1S/C17H19N3/c1-20-11-15(14-7-2-3-8-16(14)20)17(19)13-6-4-5-12(9-13)10-18/h2-9,11,17H,10,18-19H2,1H3. The van der Waals surface area contributed by atoms with Gasteiger partial charge in [-0.2, -0.15) is 0 Å². The van der Waals surface area contributed by atoms with Crippen LogP contribution in [0.25, 0.3) is 10.9 Å². The molecule has 3 rings (SSSR count). The van der Waals surface area contributed by atoms with Crippen LogP contribution in [0.2, 0.25) is 0 Å². The molecule has 0 saturated heterocycles. The number of para-hydroxylation sites is 1. The molecule has 0 aliphatic rings. The molecule has 0 radical (unpaired) electrons. The Balaban J connectivity index is 2.10. The van der Waals surface area contributed by atoms with Gasteiger partial charge < -0.3 is 16.0 Å². The van der Waals surface area contributed by atoms with Crippen LogP contribution in [-0.2, 0) is 13.6 Å². The number of aryl methyl sites for hydroxylation is 1. The zero-order chi connectivity index (χ0) is 14.1. The maximum Gasteiger partial charge on any atom is 0.0573 e. The van der Waals surface area contributed by atoms with Crippen molar-refractivity contribution in [3.05, 3.63) is 71.4 Å². The molecule has 0 saturated carbocycles. The first kappa shape index (κ1) is 12.9. The SMILES string of the molecule is Cn1cc(C(N)c2cccc(CN)c2)c2ccccc21. The minimum atomic E-state index is -0.132. The third kappa shape index (κ3) is 2.11. The Labute approximate surface area is 118 Å². The van der Waals surface area contributed by atoms with Gasteiger partial charge in [0.2, 0.25) is 0 Å². The van der Waals surface area contributed by atoms with E-state index in [2.05, 4.69) is 48.1 Å². The highest BCUT2D eigenvalue weighted by atomic mass is 14.9. The molecule has 3 heteroatoms. The molecule has 0 bridgehead atoms. The number of hydrogen-bond donors (Lipinski definition) is 2. The summed E-state index contributed by atoms with van der Waals surface area (Å²) < 4.78 is 2.12. The molecule has 3 aromatic rings. The maximum atomic E-state index is 6.47. The lowest BCUT2D eigenvalue weighted by molar-refractivity contribution is 0.857. The summed E-state index contributed by atoms with van der Waals surface area (Å²) in [5.74, 6) is 0. The topological polar surface area (TPSA) is 57.0 Å². The fourth-order valence-corrected chi connectivity index (χ4v) is 2.71. The molecule has 0 amide bonds. The largest absolute Gasteiger partial charge is 0.350 e. The average molecular weight is 265 g/mol. The molecule has 1 aromatic heterocycles. The zero-order valence-electron chi connectivity index (χ0n) is 11.6. The van der Waals surface area contributed by atoms with Crippen LogP contribution in [0, 0.1) is 0 Å². The van der Waals surface area contributed by atoms with E-state index in [1.807, 2.05) is 18.2 Å². The fraction of sp³-hybridized carbons (Fsp3) is 0.176. The summed E-state index contributed by atoms with van der Waals surface area (Å²) in [6, 6.07) is 16.4. The molecule has 1 unspecified atom stereocenters. The van der Waals surface area contributed by atoms with Crippen LogP contribution in [-0.4, -0.2) is 4.57 Å². The second kappa shape index (κ2) is 5.12. The molecule has 0 fully saturated rings. The predicted octanol–water partition coefficient (Wildman–Crippen LogP) is 2.69. The summed E-state index contributed by atoms with van der Waals surface area (Å²) >= 11 is 0. The number of fused-ring (bicyclic) bond motifs is 1. The second-order valence-corrected chi connectivity index (χ2v) is 5.14. The third-order valence-electron chi connectivity index (χ3n) is 3.81. The van der Waals surface area contributed by atoms with Crippen LogP contribution in [0.5, 0.6) is 0 Å². The molecular weight excluding hydrogens is 246 g/mol. The van der Waals surface area contributed by atoms with Gasteiger partial charge in [-0.3, -0.25) is 0 Å². The van der Waals surface area contributed by atoms with Crippen molar-refractivity contribution in [1.82, 2.24) is 4.57 Å². The highest BCUT2D eigenvalue weighted by Crippen LogP contribution is 2.28. The molecule has 20 heavy (non-hydrogen) atoms. The Morgan fingerprint density at radius 1 is 1.10 bits per heavy atom. The Morgan fingerprint density at radius 3 is 2.70 bits per heavy atom. The summed E-state index contributed by atoms with van der Waals surface area (Å²) in [5, 5.41) is 1.21. The van der Waals surface area contributed by atoms with E-state index in [1.165, 1.54) is 10.9 Å². The molecule has 0 spiro atoms. The number of aromatic nitrogens is 1. The normalized spacial score (nSPS) is 12.8. The number of nitrogens with two attached hydrogens (primary N) is 2. The highest BCUT2D eigenvalue weighted by molar-refractivity contribution is 5.84. The van der Waals surface area contributed by atoms with Gasteiger partial charge in [0.05, 0.1) is 6.04 Å². The summed E-state index contributed by atoms with van der Waals surface area (Å²) in [6.07, 6.45) is 2.12. The first-order valence-corrected chi connectivity index (χ1v) is 6.79. The van der Waals surface area contributed by atoms with Gasteiger partial charge in [0, 0.05) is 30.7 Å². The van der Waals surface area contributed by atoms with Gasteiger partial charge in [0.25, 0.3) is 0 Å². The quantitative estimate of drug-likeness (QED) is 0.765. The molecule has 0 aliphatic heterocycles. The van der Waals surface area contributed by atoms with E-state index in [9.17, 15) is 0 Å². The second-order valence-electron chi connectivity index (χ2n) is 5.14. The van der Waals surface area contributed by atoms with Gasteiger partial charge in [-0.15, -0.1) is 0 Å². The number of nitrogens with zero attached hydrogens (tertiary/aromatic N) is 1. The van der Waals surface area contributed by atoms with Gasteiger partial charge >= 0.3 is 0 Å². The van der Waals surface area contributed by atoms with Gasteiger partial charge in [0.15, 0.2) is 0 Å². The van der Waals surface area contributed by atoms with Crippen LogP contribution < -0.4 is 11.5 Å². The van der Waals surface area contributed by atoms with Crippen molar-refractivity contribution < 1.29 is 0 Å². The molecule has 0 aliphatic carbocycles. The van der Waals surface area contributed by atoms with E-state index >= 15 is 0 Å². The first-order chi connectivity index (χ1) is 9.70. The summed E-state index contributed by atoms with van der Waals surface area (Å²) in [5.41, 5.74) is 16.7. The Hall–Kier alpha value is -2.10. The lowest BCUT2D eigenvalue weighted by Gasteiger charge is -2.12. The molecule has 2 aromatic carbocycles. The Morgan fingerprint density at radius 2 is 1.90 bits per heavy atom. The van der Waals surface area contributed by atoms with Crippen molar-refractivity contribution in [2.45, 2.75) is 12.6 Å². The van der Waals surface area contributed by atoms with E-state index in [0.717, 1.165) is 16.7 Å². The van der Waals surface area contributed by atoms with Crippen molar-refractivity contribution in [3.63, 3.8) is 0 Å². The van der Waals surface area contributed by atoms with Gasteiger partial charge in [-0.1, -0.05) is 42.5 Å². The molecule has 102 valence electrons. The monoisotopic (exact) mass is 265 g/mol. The van der Waals surface area contributed by atoms with Crippen LogP contribution in [0.3, 0.4) is 0 Å². The summed E-state index contributed by atoms with van der Waals surface area (Å²) in [4.78, 5) is 0. The molecule has 1 atom stereocenters. The molecule has 3 nitrogen and oxygen atoms in total. The van der Waals surface area contributed by atoms with E-state index in [1.54, 1.807) is 0 Å². The van der Waals surface area contributed by atoms with Gasteiger partial charge in [-0.05, 0) is 22.8 Å². The van der Waals surface area contributed by atoms with E-state index in [-0.39, 0.29) is 6.04 Å². The molecule has 4 N–H and O–H groups in total. The lowest BCUT2D eigenvalue weighted by Crippen LogP contribution is -2.12. The van der Waals surface area contributed by atoms with Crippen molar-refractivity contribution >= 4 is 10.9 Å². The Kier molecular flexibility index (Phi) is 3.30. The number of benzene rings is 2. The Bertz CT molecular complexity index is 743. The van der Waals surface area contributed by atoms with Crippen molar-refractivity contribution in [2.75, 3.05) is 0 Å². The van der Waals surface area contributed by atoms with Crippen LogP contribution in [0.4, 0.5) is 0 Å². The first-order valence-electron chi connectivity index (χ1n) is 6.79. The number of rotatable bonds is 3. The summed E-state index contributed by atoms with van der Waals surface area (Å²) in [7, 11) is 2.05. The average Bonchev–Trinajstić information content (AvgIpc) is 2.84. The van der Waals surface area contributed by atoms with Gasteiger partial charge in [-0.25, -0.2) is 0 Å². The van der Waals surface area contributed by atoms with E-state index in [4.69, 9.17) is 11.5 Å². The van der Waals surface area contributed by atoms with E-state index in [0.29, 0.717) is 6.54 Å². The van der Waals surface area contributed by atoms with Crippen molar-refractivity contribution in [1.29, 1.82) is 0 Å².